The Kier molecular flexibility index (Phi) is 6.44. The minimum atomic E-state index is -0.829. The van der Waals surface area contributed by atoms with Gasteiger partial charge >= 0.3 is 5.97 Å². The average molecular weight is 250 g/mol. The molecule has 0 aliphatic carbocycles. The van der Waals surface area contributed by atoms with Crippen LogP contribution in [0.1, 0.15) is 38.2 Å². The van der Waals surface area contributed by atoms with Crippen molar-refractivity contribution in [3.8, 4) is 0 Å². The zero-order chi connectivity index (χ0) is 13.4. The molecule has 0 aliphatic heterocycles. The molecule has 1 N–H and O–H groups in total. The highest BCUT2D eigenvalue weighted by Crippen LogP contribution is 2.17. The lowest BCUT2D eigenvalue weighted by Gasteiger charge is -2.15. The van der Waals surface area contributed by atoms with Crippen molar-refractivity contribution in [2.75, 3.05) is 13.2 Å². The monoisotopic (exact) mass is 250 g/mol. The summed E-state index contributed by atoms with van der Waals surface area (Å²) in [5.41, 5.74) is 0.799. The van der Waals surface area contributed by atoms with Crippen LogP contribution < -0.4 is 0 Å². The molecular weight excluding hydrogens is 228 g/mol. The van der Waals surface area contributed by atoms with Crippen molar-refractivity contribution in [3.63, 3.8) is 0 Å². The number of hydrogen-bond donors (Lipinski definition) is 1. The maximum Gasteiger partial charge on any atom is 0.313 e. The summed E-state index contributed by atoms with van der Waals surface area (Å²) < 4.78 is 5.55. The number of benzene rings is 1. The Balaban J connectivity index is 2.48. The Morgan fingerprint density at radius 1 is 1.28 bits per heavy atom. The van der Waals surface area contributed by atoms with Gasteiger partial charge < -0.3 is 9.84 Å². The van der Waals surface area contributed by atoms with Crippen LogP contribution in [0.4, 0.5) is 0 Å². The van der Waals surface area contributed by atoms with Crippen molar-refractivity contribution >= 4 is 5.97 Å². The number of carboxylic acids is 1. The minimum absolute atomic E-state index is 0.243. The number of hydrogen-bond acceptors (Lipinski definition) is 2. The summed E-state index contributed by atoms with van der Waals surface area (Å²) in [5, 5.41) is 9.22. The fourth-order valence-corrected chi connectivity index (χ4v) is 1.96. The number of rotatable bonds is 8. The Hall–Kier alpha value is -1.35. The number of aliphatic carboxylic acids is 1. The summed E-state index contributed by atoms with van der Waals surface area (Å²) in [6.07, 6.45) is 2.24. The van der Waals surface area contributed by atoms with Crippen LogP contribution in [0.15, 0.2) is 30.3 Å². The fourth-order valence-electron chi connectivity index (χ4n) is 1.96. The Bertz CT molecular complexity index is 348. The minimum Gasteiger partial charge on any atom is -0.481 e. The summed E-state index contributed by atoms with van der Waals surface area (Å²) >= 11 is 0. The average Bonchev–Trinajstić information content (AvgIpc) is 2.35. The van der Waals surface area contributed by atoms with Crippen LogP contribution >= 0.6 is 0 Å². The molecule has 2 unspecified atom stereocenters. The first-order chi connectivity index (χ1) is 8.65. The molecule has 2 atom stereocenters. The molecule has 0 fully saturated rings. The molecule has 100 valence electrons. The Labute approximate surface area is 109 Å². The summed E-state index contributed by atoms with van der Waals surface area (Å²) in [5.74, 6) is -0.912. The topological polar surface area (TPSA) is 46.5 Å². The quantitative estimate of drug-likeness (QED) is 0.770. The third-order valence-corrected chi connectivity index (χ3v) is 2.97. The molecule has 1 aromatic carbocycles. The van der Waals surface area contributed by atoms with Crippen molar-refractivity contribution in [3.05, 3.63) is 35.9 Å². The molecule has 0 aliphatic rings. The van der Waals surface area contributed by atoms with E-state index >= 15 is 0 Å². The van der Waals surface area contributed by atoms with Gasteiger partial charge in [-0.05, 0) is 17.9 Å². The van der Waals surface area contributed by atoms with Gasteiger partial charge in [-0.1, -0.05) is 50.6 Å². The van der Waals surface area contributed by atoms with Crippen LogP contribution in [0.5, 0.6) is 0 Å². The van der Waals surface area contributed by atoms with Gasteiger partial charge in [-0.3, -0.25) is 4.79 Å². The van der Waals surface area contributed by atoms with Crippen LogP contribution in [0.25, 0.3) is 0 Å². The van der Waals surface area contributed by atoms with E-state index in [-0.39, 0.29) is 6.61 Å². The first kappa shape index (κ1) is 14.7. The standard InChI is InChI=1S/C15H22O3/c1-3-7-12(2)10-18-11-14(15(16)17)13-8-5-4-6-9-13/h4-6,8-9,12,14H,3,7,10-11H2,1-2H3,(H,16,17). The lowest BCUT2D eigenvalue weighted by molar-refractivity contribution is -0.140. The lowest BCUT2D eigenvalue weighted by atomic mass is 10.0. The molecule has 18 heavy (non-hydrogen) atoms. The van der Waals surface area contributed by atoms with Crippen LogP contribution in [0.3, 0.4) is 0 Å². The molecule has 3 nitrogen and oxygen atoms in total. The molecule has 3 heteroatoms. The normalized spacial score (nSPS) is 14.1. The summed E-state index contributed by atoms with van der Waals surface area (Å²) in [6, 6.07) is 9.25. The second-order valence-electron chi connectivity index (χ2n) is 4.73. The van der Waals surface area contributed by atoms with Crippen molar-refractivity contribution in [2.24, 2.45) is 5.92 Å². The molecule has 0 saturated heterocycles. The summed E-state index contributed by atoms with van der Waals surface area (Å²) in [4.78, 5) is 11.2. The van der Waals surface area contributed by atoms with Gasteiger partial charge in [0, 0.05) is 6.61 Å². The molecule has 0 spiro atoms. The van der Waals surface area contributed by atoms with E-state index in [1.807, 2.05) is 30.3 Å². The van der Waals surface area contributed by atoms with Crippen LogP contribution in [0.2, 0.25) is 0 Å². The Morgan fingerprint density at radius 3 is 2.50 bits per heavy atom. The second kappa shape index (κ2) is 7.88. The zero-order valence-corrected chi connectivity index (χ0v) is 11.1. The van der Waals surface area contributed by atoms with Crippen molar-refractivity contribution in [1.82, 2.24) is 0 Å². The van der Waals surface area contributed by atoms with Crippen molar-refractivity contribution in [2.45, 2.75) is 32.6 Å². The van der Waals surface area contributed by atoms with Gasteiger partial charge in [-0.25, -0.2) is 0 Å². The molecule has 0 aromatic heterocycles. The number of carbonyl (C=O) groups is 1. The SMILES string of the molecule is CCCC(C)COCC(C(=O)O)c1ccccc1. The van der Waals surface area contributed by atoms with Gasteiger partial charge in [-0.2, -0.15) is 0 Å². The van der Waals surface area contributed by atoms with Crippen LogP contribution in [-0.4, -0.2) is 24.3 Å². The highest BCUT2D eigenvalue weighted by Gasteiger charge is 2.19. The molecule has 0 amide bonds. The van der Waals surface area contributed by atoms with E-state index in [9.17, 15) is 9.90 Å². The van der Waals surface area contributed by atoms with Crippen LogP contribution in [0, 0.1) is 5.92 Å². The third kappa shape index (κ3) is 4.88. The molecule has 1 rings (SSSR count). The first-order valence-corrected chi connectivity index (χ1v) is 6.50. The second-order valence-corrected chi connectivity index (χ2v) is 4.73. The zero-order valence-electron chi connectivity index (χ0n) is 11.1. The fraction of sp³-hybridized carbons (Fsp3) is 0.533. The maximum absolute atomic E-state index is 11.2. The molecule has 0 bridgehead atoms. The molecule has 0 radical (unpaired) electrons. The first-order valence-electron chi connectivity index (χ1n) is 6.50. The molecule has 0 heterocycles. The van der Waals surface area contributed by atoms with E-state index in [2.05, 4.69) is 13.8 Å². The van der Waals surface area contributed by atoms with Gasteiger partial charge in [0.25, 0.3) is 0 Å². The summed E-state index contributed by atoms with van der Waals surface area (Å²) in [6.45, 7) is 5.14. The highest BCUT2D eigenvalue weighted by atomic mass is 16.5. The molecular formula is C15H22O3. The van der Waals surface area contributed by atoms with E-state index in [1.165, 1.54) is 0 Å². The molecule has 1 aromatic rings. The third-order valence-electron chi connectivity index (χ3n) is 2.97. The van der Waals surface area contributed by atoms with Crippen molar-refractivity contribution < 1.29 is 14.6 Å². The predicted octanol–water partition coefficient (Wildman–Crippen LogP) is 3.31. The predicted molar refractivity (Wildman–Crippen MR) is 71.7 cm³/mol. The van der Waals surface area contributed by atoms with E-state index < -0.39 is 11.9 Å². The molecule has 0 saturated carbocycles. The number of ether oxygens (including phenoxy) is 1. The Morgan fingerprint density at radius 2 is 1.94 bits per heavy atom. The van der Waals surface area contributed by atoms with E-state index in [1.54, 1.807) is 0 Å². The lowest BCUT2D eigenvalue weighted by Crippen LogP contribution is -2.19. The van der Waals surface area contributed by atoms with Gasteiger partial charge in [0.2, 0.25) is 0 Å². The largest absolute Gasteiger partial charge is 0.481 e. The smallest absolute Gasteiger partial charge is 0.313 e. The van der Waals surface area contributed by atoms with Gasteiger partial charge in [-0.15, -0.1) is 0 Å². The van der Waals surface area contributed by atoms with E-state index in [4.69, 9.17) is 4.74 Å². The van der Waals surface area contributed by atoms with Gasteiger partial charge in [0.1, 0.15) is 5.92 Å². The number of carboxylic acid groups (broad SMARTS) is 1. The van der Waals surface area contributed by atoms with Gasteiger partial charge in [0.15, 0.2) is 0 Å². The summed E-state index contributed by atoms with van der Waals surface area (Å²) in [7, 11) is 0. The van der Waals surface area contributed by atoms with Crippen LogP contribution in [-0.2, 0) is 9.53 Å². The van der Waals surface area contributed by atoms with Crippen molar-refractivity contribution in [1.29, 1.82) is 0 Å². The highest BCUT2D eigenvalue weighted by molar-refractivity contribution is 5.76. The van der Waals surface area contributed by atoms with E-state index in [0.29, 0.717) is 12.5 Å². The van der Waals surface area contributed by atoms with Gasteiger partial charge in [0.05, 0.1) is 6.61 Å². The maximum atomic E-state index is 11.2. The van der Waals surface area contributed by atoms with E-state index in [0.717, 1.165) is 18.4 Å².